The Balaban J connectivity index is 1.67. The third-order valence-corrected chi connectivity index (χ3v) is 4.48. The van der Waals surface area contributed by atoms with Crippen LogP contribution in [0.1, 0.15) is 15.9 Å². The third-order valence-electron chi connectivity index (χ3n) is 4.48. The van der Waals surface area contributed by atoms with Gasteiger partial charge in [-0.2, -0.15) is 0 Å². The van der Waals surface area contributed by atoms with E-state index in [1.165, 1.54) is 5.69 Å². The summed E-state index contributed by atoms with van der Waals surface area (Å²) in [6.45, 7) is 4.58. The molecule has 24 heavy (non-hydrogen) atoms. The van der Waals surface area contributed by atoms with Gasteiger partial charge < -0.3 is 20.9 Å². The molecule has 0 aromatic heterocycles. The molecule has 1 amide bonds. The van der Waals surface area contributed by atoms with E-state index in [1.54, 1.807) is 6.07 Å². The molecule has 2 aromatic carbocycles. The number of piperazine rings is 1. The smallest absolute Gasteiger partial charge is 0.255 e. The number of nitrogens with one attached hydrogen (secondary N) is 1. The van der Waals surface area contributed by atoms with Gasteiger partial charge in [0.25, 0.3) is 5.91 Å². The molecule has 0 saturated carbocycles. The number of amides is 1. The highest BCUT2D eigenvalue weighted by molar-refractivity contribution is 6.05. The van der Waals surface area contributed by atoms with Gasteiger partial charge in [0.15, 0.2) is 0 Å². The Morgan fingerprint density at radius 2 is 1.71 bits per heavy atom. The summed E-state index contributed by atoms with van der Waals surface area (Å²) < 4.78 is 0. The molecule has 5 heteroatoms. The lowest BCUT2D eigenvalue weighted by molar-refractivity contribution is 0.102. The lowest BCUT2D eigenvalue weighted by Gasteiger charge is -2.34. The van der Waals surface area contributed by atoms with Crippen LogP contribution in [0.2, 0.25) is 0 Å². The summed E-state index contributed by atoms with van der Waals surface area (Å²) in [5, 5.41) is 2.95. The van der Waals surface area contributed by atoms with E-state index >= 15 is 0 Å². The van der Waals surface area contributed by atoms with Gasteiger partial charge in [0.2, 0.25) is 0 Å². The van der Waals surface area contributed by atoms with Gasteiger partial charge in [-0.3, -0.25) is 4.79 Å². The highest BCUT2D eigenvalue weighted by atomic mass is 16.1. The molecule has 1 fully saturated rings. The Morgan fingerprint density at radius 3 is 2.38 bits per heavy atom. The van der Waals surface area contributed by atoms with Crippen molar-refractivity contribution in [1.29, 1.82) is 0 Å². The van der Waals surface area contributed by atoms with Crippen LogP contribution in [0.4, 0.5) is 11.4 Å². The van der Waals surface area contributed by atoms with E-state index < -0.39 is 0 Å². The van der Waals surface area contributed by atoms with Gasteiger partial charge in [-0.05, 0) is 42.9 Å². The number of rotatable bonds is 4. The van der Waals surface area contributed by atoms with Crippen molar-refractivity contribution in [1.82, 2.24) is 4.90 Å². The first-order valence-corrected chi connectivity index (χ1v) is 8.30. The molecular weight excluding hydrogens is 300 g/mol. The molecule has 0 unspecified atom stereocenters. The van der Waals surface area contributed by atoms with Crippen molar-refractivity contribution in [3.8, 4) is 0 Å². The van der Waals surface area contributed by atoms with Crippen LogP contribution >= 0.6 is 0 Å². The van der Waals surface area contributed by atoms with Gasteiger partial charge in [0.1, 0.15) is 0 Å². The monoisotopic (exact) mass is 324 g/mol. The zero-order chi connectivity index (χ0) is 16.9. The maximum Gasteiger partial charge on any atom is 0.255 e. The van der Waals surface area contributed by atoms with E-state index in [4.69, 9.17) is 5.73 Å². The van der Waals surface area contributed by atoms with Crippen LogP contribution in [0, 0.1) is 0 Å². The minimum atomic E-state index is -0.122. The first-order valence-electron chi connectivity index (χ1n) is 8.30. The average molecular weight is 324 g/mol. The van der Waals surface area contributed by atoms with E-state index in [9.17, 15) is 4.79 Å². The summed E-state index contributed by atoms with van der Waals surface area (Å²) in [7, 11) is 2.15. The van der Waals surface area contributed by atoms with E-state index in [0.717, 1.165) is 37.4 Å². The summed E-state index contributed by atoms with van der Waals surface area (Å²) in [5.74, 6) is -0.122. The second-order valence-electron chi connectivity index (χ2n) is 6.15. The van der Waals surface area contributed by atoms with Crippen LogP contribution in [0.15, 0.2) is 48.5 Å². The Morgan fingerprint density at radius 1 is 1.04 bits per heavy atom. The minimum absolute atomic E-state index is 0.122. The molecule has 3 N–H and O–H groups in total. The van der Waals surface area contributed by atoms with Crippen molar-refractivity contribution in [2.45, 2.75) is 6.54 Å². The molecule has 0 spiro atoms. The topological polar surface area (TPSA) is 61.6 Å². The van der Waals surface area contributed by atoms with Gasteiger partial charge in [-0.1, -0.05) is 18.2 Å². The zero-order valence-corrected chi connectivity index (χ0v) is 14.0. The summed E-state index contributed by atoms with van der Waals surface area (Å²) in [4.78, 5) is 17.1. The molecule has 1 aliphatic heterocycles. The lowest BCUT2D eigenvalue weighted by Crippen LogP contribution is -2.44. The van der Waals surface area contributed by atoms with Crippen LogP contribution in [0.25, 0.3) is 0 Å². The molecule has 2 aromatic rings. The quantitative estimate of drug-likeness (QED) is 0.905. The average Bonchev–Trinajstić information content (AvgIpc) is 2.63. The summed E-state index contributed by atoms with van der Waals surface area (Å²) in [5.41, 5.74) is 9.18. The Labute approximate surface area is 143 Å². The number of hydrogen-bond donors (Lipinski definition) is 2. The third kappa shape index (κ3) is 3.75. The number of likely N-dealkylation sites (N-methyl/N-ethyl adjacent to an activating group) is 1. The maximum atomic E-state index is 12.4. The van der Waals surface area contributed by atoms with Crippen LogP contribution < -0.4 is 16.0 Å². The SMILES string of the molecule is CN1CCN(c2ccc(NC(=O)c3ccccc3CN)cc2)CC1. The maximum absolute atomic E-state index is 12.4. The normalized spacial score (nSPS) is 15.3. The van der Waals surface area contributed by atoms with Crippen LogP contribution in [-0.2, 0) is 6.54 Å². The van der Waals surface area contributed by atoms with Crippen molar-refractivity contribution in [3.05, 3.63) is 59.7 Å². The van der Waals surface area contributed by atoms with Gasteiger partial charge in [-0.25, -0.2) is 0 Å². The highest BCUT2D eigenvalue weighted by Crippen LogP contribution is 2.20. The highest BCUT2D eigenvalue weighted by Gasteiger charge is 2.14. The molecule has 5 nitrogen and oxygen atoms in total. The molecule has 1 aliphatic rings. The van der Waals surface area contributed by atoms with E-state index in [2.05, 4.69) is 34.3 Å². The molecule has 0 radical (unpaired) electrons. The number of hydrogen-bond acceptors (Lipinski definition) is 4. The van der Waals surface area contributed by atoms with Gasteiger partial charge in [-0.15, -0.1) is 0 Å². The molecule has 1 saturated heterocycles. The van der Waals surface area contributed by atoms with Crippen LogP contribution in [0.3, 0.4) is 0 Å². The van der Waals surface area contributed by atoms with Crippen LogP contribution in [0.5, 0.6) is 0 Å². The van der Waals surface area contributed by atoms with Gasteiger partial charge in [0.05, 0.1) is 0 Å². The number of nitrogens with two attached hydrogens (primary N) is 1. The van der Waals surface area contributed by atoms with E-state index in [0.29, 0.717) is 12.1 Å². The van der Waals surface area contributed by atoms with E-state index in [1.807, 2.05) is 30.3 Å². The summed E-state index contributed by atoms with van der Waals surface area (Å²) >= 11 is 0. The van der Waals surface area contributed by atoms with Gasteiger partial charge in [0, 0.05) is 49.7 Å². The lowest BCUT2D eigenvalue weighted by atomic mass is 10.1. The van der Waals surface area contributed by atoms with Crippen molar-refractivity contribution in [3.63, 3.8) is 0 Å². The van der Waals surface area contributed by atoms with Crippen molar-refractivity contribution < 1.29 is 4.79 Å². The van der Waals surface area contributed by atoms with Crippen molar-refractivity contribution in [2.24, 2.45) is 5.73 Å². The molecule has 1 heterocycles. The van der Waals surface area contributed by atoms with Crippen LogP contribution in [-0.4, -0.2) is 44.0 Å². The van der Waals surface area contributed by atoms with E-state index in [-0.39, 0.29) is 5.91 Å². The van der Waals surface area contributed by atoms with Crippen molar-refractivity contribution in [2.75, 3.05) is 43.4 Å². The first kappa shape index (κ1) is 16.5. The largest absolute Gasteiger partial charge is 0.369 e. The Kier molecular flexibility index (Phi) is 5.13. The zero-order valence-electron chi connectivity index (χ0n) is 14.0. The first-order chi connectivity index (χ1) is 11.7. The molecule has 0 aliphatic carbocycles. The second-order valence-corrected chi connectivity index (χ2v) is 6.15. The number of nitrogens with zero attached hydrogens (tertiary/aromatic N) is 2. The molecular formula is C19H24N4O. The van der Waals surface area contributed by atoms with Gasteiger partial charge >= 0.3 is 0 Å². The number of benzene rings is 2. The fourth-order valence-electron chi connectivity index (χ4n) is 2.94. The predicted molar refractivity (Wildman–Crippen MR) is 98.4 cm³/mol. The van der Waals surface area contributed by atoms with Crippen molar-refractivity contribution >= 4 is 17.3 Å². The number of carbonyl (C=O) groups is 1. The fourth-order valence-corrected chi connectivity index (χ4v) is 2.94. The molecule has 0 bridgehead atoms. The minimum Gasteiger partial charge on any atom is -0.369 e. The summed E-state index contributed by atoms with van der Waals surface area (Å²) in [6, 6.07) is 15.5. The molecule has 0 atom stereocenters. The number of anilines is 2. The standard InChI is InChI=1S/C19H24N4O/c1-22-10-12-23(13-11-22)17-8-6-16(7-9-17)21-19(24)18-5-3-2-4-15(18)14-20/h2-9H,10-14,20H2,1H3,(H,21,24). The molecule has 126 valence electrons. The Bertz CT molecular complexity index is 691. The predicted octanol–water partition coefficient (Wildman–Crippen LogP) is 2.15. The number of carbonyl (C=O) groups excluding carboxylic acids is 1. The fraction of sp³-hybridized carbons (Fsp3) is 0.316. The Hall–Kier alpha value is -2.37. The second kappa shape index (κ2) is 7.47. The summed E-state index contributed by atoms with van der Waals surface area (Å²) in [6.07, 6.45) is 0. The molecule has 3 rings (SSSR count).